The largest absolute Gasteiger partial charge is 0.480 e. The van der Waals surface area contributed by atoms with Crippen molar-refractivity contribution in [2.24, 2.45) is 0 Å². The summed E-state index contributed by atoms with van der Waals surface area (Å²) in [5, 5.41) is 11.4. The topological polar surface area (TPSA) is 86.3 Å². The molecule has 21 heavy (non-hydrogen) atoms. The van der Waals surface area contributed by atoms with Gasteiger partial charge in [-0.2, -0.15) is 0 Å². The molecule has 0 saturated carbocycles. The van der Waals surface area contributed by atoms with Crippen LogP contribution in [0.25, 0.3) is 0 Å². The molecule has 0 fully saturated rings. The van der Waals surface area contributed by atoms with E-state index in [9.17, 15) is 4.79 Å². The number of hydrogen-bond acceptors (Lipinski definition) is 6. The Morgan fingerprint density at radius 2 is 1.43 bits per heavy atom. The Bertz CT molecular complexity index is 240. The summed E-state index contributed by atoms with van der Waals surface area (Å²) in [5.74, 6) is -0.923. The molecule has 0 aromatic heterocycles. The third-order valence-electron chi connectivity index (χ3n) is 2.69. The maximum absolute atomic E-state index is 10.7. The fourth-order valence-electron chi connectivity index (χ4n) is 1.39. The fourth-order valence-corrected chi connectivity index (χ4v) is 1.39. The fraction of sp³-hybridized carbons (Fsp3) is 0.929. The molecule has 2 N–H and O–H groups in total. The van der Waals surface area contributed by atoms with E-state index in [-0.39, 0.29) is 6.61 Å². The van der Waals surface area contributed by atoms with E-state index in [0.717, 1.165) is 19.4 Å². The first-order valence-electron chi connectivity index (χ1n) is 7.43. The predicted octanol–water partition coefficient (Wildman–Crippen LogP) is 0.526. The van der Waals surface area contributed by atoms with Crippen molar-refractivity contribution in [1.82, 2.24) is 5.32 Å². The Morgan fingerprint density at radius 1 is 0.952 bits per heavy atom. The zero-order valence-electron chi connectivity index (χ0n) is 13.1. The summed E-state index contributed by atoms with van der Waals surface area (Å²) in [4.78, 5) is 10.7. The predicted molar refractivity (Wildman–Crippen MR) is 78.7 cm³/mol. The van der Waals surface area contributed by atoms with Crippen molar-refractivity contribution in [3.8, 4) is 0 Å². The Morgan fingerprint density at radius 3 is 1.86 bits per heavy atom. The van der Waals surface area contributed by atoms with Gasteiger partial charge in [-0.25, -0.2) is 0 Å². The molecule has 0 bridgehead atoms. The monoisotopic (exact) mass is 307 g/mol. The lowest BCUT2D eigenvalue weighted by Gasteiger charge is -2.11. The van der Waals surface area contributed by atoms with E-state index in [0.29, 0.717) is 39.6 Å². The number of aliphatic carboxylic acids is 1. The van der Waals surface area contributed by atoms with Gasteiger partial charge in [-0.05, 0) is 13.5 Å². The second-order valence-corrected chi connectivity index (χ2v) is 4.45. The molecule has 0 spiro atoms. The number of ether oxygens (including phenoxy) is 4. The minimum atomic E-state index is -0.923. The molecular weight excluding hydrogens is 278 g/mol. The third kappa shape index (κ3) is 14.0. The SMILES string of the molecule is CCCCOCCOCCOCCOCC(NC)C(=O)O. The van der Waals surface area contributed by atoms with Gasteiger partial charge >= 0.3 is 5.97 Å². The van der Waals surface area contributed by atoms with E-state index >= 15 is 0 Å². The normalized spacial score (nSPS) is 12.5. The smallest absolute Gasteiger partial charge is 0.323 e. The number of unbranched alkanes of at least 4 members (excludes halogenated alkanes) is 1. The summed E-state index contributed by atoms with van der Waals surface area (Å²) in [7, 11) is 1.59. The van der Waals surface area contributed by atoms with E-state index in [1.807, 2.05) is 0 Å². The lowest BCUT2D eigenvalue weighted by atomic mass is 10.3. The van der Waals surface area contributed by atoms with Gasteiger partial charge in [0.05, 0.1) is 46.2 Å². The lowest BCUT2D eigenvalue weighted by Crippen LogP contribution is -2.38. The van der Waals surface area contributed by atoms with Crippen molar-refractivity contribution in [3.05, 3.63) is 0 Å². The van der Waals surface area contributed by atoms with Crippen molar-refractivity contribution < 1.29 is 28.8 Å². The van der Waals surface area contributed by atoms with Gasteiger partial charge in [0, 0.05) is 6.61 Å². The molecular formula is C14H29NO6. The van der Waals surface area contributed by atoms with Gasteiger partial charge in [-0.15, -0.1) is 0 Å². The standard InChI is InChI=1S/C14H29NO6/c1-3-4-5-18-6-7-19-8-9-20-10-11-21-12-13(15-2)14(16)17/h13,15H,3-12H2,1-2H3,(H,16,17). The summed E-state index contributed by atoms with van der Waals surface area (Å²) < 4.78 is 21.2. The van der Waals surface area contributed by atoms with Crippen molar-refractivity contribution in [3.63, 3.8) is 0 Å². The molecule has 1 unspecified atom stereocenters. The molecule has 0 aliphatic rings. The number of rotatable bonds is 16. The molecule has 0 amide bonds. The van der Waals surface area contributed by atoms with E-state index in [4.69, 9.17) is 24.1 Å². The summed E-state index contributed by atoms with van der Waals surface area (Å²) in [5.41, 5.74) is 0. The Kier molecular flexibility index (Phi) is 15.1. The number of carboxylic acids is 1. The number of likely N-dealkylation sites (N-methyl/N-ethyl adjacent to an activating group) is 1. The van der Waals surface area contributed by atoms with Gasteiger partial charge in [0.2, 0.25) is 0 Å². The average molecular weight is 307 g/mol. The van der Waals surface area contributed by atoms with Crippen molar-refractivity contribution >= 4 is 5.97 Å². The summed E-state index contributed by atoms with van der Waals surface area (Å²) in [6.07, 6.45) is 2.22. The summed E-state index contributed by atoms with van der Waals surface area (Å²) >= 11 is 0. The van der Waals surface area contributed by atoms with Crippen LogP contribution in [0, 0.1) is 0 Å². The number of carboxylic acid groups (broad SMARTS) is 1. The highest BCUT2D eigenvalue weighted by Gasteiger charge is 2.13. The van der Waals surface area contributed by atoms with Gasteiger partial charge in [-0.3, -0.25) is 4.79 Å². The van der Waals surface area contributed by atoms with Crippen LogP contribution in [0.3, 0.4) is 0 Å². The van der Waals surface area contributed by atoms with Crippen LogP contribution >= 0.6 is 0 Å². The second-order valence-electron chi connectivity index (χ2n) is 4.45. The first kappa shape index (κ1) is 20.3. The number of hydrogen-bond donors (Lipinski definition) is 2. The van der Waals surface area contributed by atoms with Crippen molar-refractivity contribution in [2.45, 2.75) is 25.8 Å². The molecule has 0 aromatic carbocycles. The first-order valence-corrected chi connectivity index (χ1v) is 7.43. The maximum atomic E-state index is 10.7. The van der Waals surface area contributed by atoms with Crippen LogP contribution in [0.4, 0.5) is 0 Å². The van der Waals surface area contributed by atoms with Crippen LogP contribution in [0.5, 0.6) is 0 Å². The zero-order chi connectivity index (χ0) is 15.8. The van der Waals surface area contributed by atoms with Crippen molar-refractivity contribution in [1.29, 1.82) is 0 Å². The Hall–Kier alpha value is -0.730. The number of nitrogens with one attached hydrogen (secondary N) is 1. The minimum Gasteiger partial charge on any atom is -0.480 e. The number of carbonyl (C=O) groups is 1. The molecule has 126 valence electrons. The van der Waals surface area contributed by atoms with E-state index in [1.54, 1.807) is 7.05 Å². The van der Waals surface area contributed by atoms with Gasteiger partial charge in [-0.1, -0.05) is 13.3 Å². The molecule has 0 aromatic rings. The second kappa shape index (κ2) is 15.7. The van der Waals surface area contributed by atoms with Crippen LogP contribution < -0.4 is 5.32 Å². The molecule has 0 rings (SSSR count). The molecule has 0 aliphatic carbocycles. The average Bonchev–Trinajstić information content (AvgIpc) is 2.47. The van der Waals surface area contributed by atoms with Crippen LogP contribution in [0.2, 0.25) is 0 Å². The quantitative estimate of drug-likeness (QED) is 0.402. The van der Waals surface area contributed by atoms with Crippen LogP contribution in [0.1, 0.15) is 19.8 Å². The molecule has 7 nitrogen and oxygen atoms in total. The van der Waals surface area contributed by atoms with E-state index < -0.39 is 12.0 Å². The van der Waals surface area contributed by atoms with Crippen LogP contribution in [-0.2, 0) is 23.7 Å². The minimum absolute atomic E-state index is 0.126. The van der Waals surface area contributed by atoms with Crippen LogP contribution in [0.15, 0.2) is 0 Å². The van der Waals surface area contributed by atoms with Gasteiger partial charge < -0.3 is 29.4 Å². The Balaban J connectivity index is 3.14. The molecule has 0 heterocycles. The van der Waals surface area contributed by atoms with Crippen molar-refractivity contribution in [2.75, 3.05) is 59.9 Å². The highest BCUT2D eigenvalue weighted by molar-refractivity contribution is 5.73. The van der Waals surface area contributed by atoms with Gasteiger partial charge in [0.1, 0.15) is 6.04 Å². The van der Waals surface area contributed by atoms with Gasteiger partial charge in [0.15, 0.2) is 0 Å². The summed E-state index contributed by atoms with van der Waals surface area (Å²) in [6, 6.07) is -0.680. The van der Waals surface area contributed by atoms with E-state index in [2.05, 4.69) is 12.2 Å². The molecule has 0 saturated heterocycles. The van der Waals surface area contributed by atoms with Crippen LogP contribution in [-0.4, -0.2) is 77.0 Å². The first-order chi connectivity index (χ1) is 10.2. The highest BCUT2D eigenvalue weighted by Crippen LogP contribution is 1.89. The molecule has 0 aliphatic heterocycles. The summed E-state index contributed by atoms with van der Waals surface area (Å²) in [6.45, 7) is 6.03. The highest BCUT2D eigenvalue weighted by atomic mass is 16.6. The Labute approximate surface area is 126 Å². The van der Waals surface area contributed by atoms with Gasteiger partial charge in [0.25, 0.3) is 0 Å². The molecule has 0 radical (unpaired) electrons. The molecule has 1 atom stereocenters. The van der Waals surface area contributed by atoms with E-state index in [1.165, 1.54) is 0 Å². The maximum Gasteiger partial charge on any atom is 0.323 e. The zero-order valence-corrected chi connectivity index (χ0v) is 13.1. The third-order valence-corrected chi connectivity index (χ3v) is 2.69. The molecule has 7 heteroatoms. The lowest BCUT2D eigenvalue weighted by molar-refractivity contribution is -0.141.